The summed E-state index contributed by atoms with van der Waals surface area (Å²) in [6.45, 7) is 1.81. The topological polar surface area (TPSA) is 43.7 Å². The molecule has 1 saturated heterocycles. The Kier molecular flexibility index (Phi) is 2.65. The van der Waals surface area contributed by atoms with Gasteiger partial charge in [0.25, 0.3) is 0 Å². The molecule has 0 aromatic carbocycles. The molecular weight excluding hydrogens is 130 g/mol. The average molecular weight is 145 g/mol. The van der Waals surface area contributed by atoms with E-state index in [9.17, 15) is 5.11 Å². The van der Waals surface area contributed by atoms with Crippen molar-refractivity contribution in [1.29, 1.82) is 0 Å². The molecule has 0 spiro atoms. The second-order valence-corrected chi connectivity index (χ2v) is 3.06. The maximum Gasteiger partial charge on any atom is 0.0717 e. The number of piperidine rings is 1. The van der Waals surface area contributed by atoms with E-state index >= 15 is 0 Å². The van der Waals surface area contributed by atoms with Crippen molar-refractivity contribution >= 4 is 0 Å². The van der Waals surface area contributed by atoms with Gasteiger partial charge < -0.3 is 15.1 Å². The van der Waals surface area contributed by atoms with Crippen LogP contribution < -0.4 is 0 Å². The average Bonchev–Trinajstić information content (AvgIpc) is 1.88. The minimum Gasteiger partial charge on any atom is -0.396 e. The summed E-state index contributed by atoms with van der Waals surface area (Å²) in [5.41, 5.74) is 0. The minimum absolute atomic E-state index is 0.108. The largest absolute Gasteiger partial charge is 0.396 e. The summed E-state index contributed by atoms with van der Waals surface area (Å²) in [7, 11) is 1.98. The van der Waals surface area contributed by atoms with Crippen LogP contribution in [0.3, 0.4) is 0 Å². The maximum atomic E-state index is 9.34. The van der Waals surface area contributed by atoms with Crippen molar-refractivity contribution in [1.82, 2.24) is 4.90 Å². The number of likely N-dealkylation sites (tertiary alicyclic amines) is 1. The van der Waals surface area contributed by atoms with E-state index in [1.165, 1.54) is 0 Å². The lowest BCUT2D eigenvalue weighted by Crippen LogP contribution is -2.42. The minimum atomic E-state index is -0.330. The van der Waals surface area contributed by atoms with Gasteiger partial charge in [-0.3, -0.25) is 0 Å². The normalized spacial score (nSPS) is 36.3. The highest BCUT2D eigenvalue weighted by Crippen LogP contribution is 2.15. The lowest BCUT2D eigenvalue weighted by atomic mass is 9.95. The zero-order valence-corrected chi connectivity index (χ0v) is 6.32. The van der Waals surface area contributed by atoms with Crippen molar-refractivity contribution in [2.24, 2.45) is 5.92 Å². The van der Waals surface area contributed by atoms with Crippen LogP contribution >= 0.6 is 0 Å². The molecule has 0 aliphatic carbocycles. The second-order valence-electron chi connectivity index (χ2n) is 3.06. The summed E-state index contributed by atoms with van der Waals surface area (Å²) >= 11 is 0. The number of aliphatic hydroxyl groups is 2. The maximum absolute atomic E-state index is 9.34. The Morgan fingerprint density at radius 2 is 2.30 bits per heavy atom. The molecule has 0 bridgehead atoms. The van der Waals surface area contributed by atoms with Gasteiger partial charge in [-0.1, -0.05) is 0 Å². The molecule has 0 amide bonds. The molecule has 0 radical (unpaired) electrons. The Labute approximate surface area is 61.3 Å². The third-order valence-electron chi connectivity index (χ3n) is 2.16. The highest BCUT2D eigenvalue weighted by molar-refractivity contribution is 4.77. The number of aliphatic hydroxyl groups excluding tert-OH is 2. The predicted molar refractivity (Wildman–Crippen MR) is 38.7 cm³/mol. The molecule has 2 N–H and O–H groups in total. The quantitative estimate of drug-likeness (QED) is 0.512. The van der Waals surface area contributed by atoms with E-state index < -0.39 is 0 Å². The van der Waals surface area contributed by atoms with Crippen molar-refractivity contribution in [3.05, 3.63) is 0 Å². The molecule has 0 saturated carbocycles. The Morgan fingerprint density at radius 1 is 1.60 bits per heavy atom. The van der Waals surface area contributed by atoms with E-state index in [-0.39, 0.29) is 18.6 Å². The highest BCUT2D eigenvalue weighted by atomic mass is 16.3. The molecule has 2 atom stereocenters. The van der Waals surface area contributed by atoms with Crippen molar-refractivity contribution in [2.45, 2.75) is 12.5 Å². The van der Waals surface area contributed by atoms with Crippen LogP contribution in [0.2, 0.25) is 0 Å². The molecule has 3 nitrogen and oxygen atoms in total. The first-order chi connectivity index (χ1) is 4.74. The van der Waals surface area contributed by atoms with E-state index in [1.807, 2.05) is 7.05 Å². The standard InChI is InChI=1S/C7H15NO2/c1-8-3-2-6(5-9)7(10)4-8/h6-7,9-10H,2-5H2,1H3. The van der Waals surface area contributed by atoms with Gasteiger partial charge in [0.05, 0.1) is 6.10 Å². The van der Waals surface area contributed by atoms with Crippen LogP contribution in [0.4, 0.5) is 0 Å². The van der Waals surface area contributed by atoms with Crippen LogP contribution in [0.25, 0.3) is 0 Å². The van der Waals surface area contributed by atoms with Gasteiger partial charge >= 0.3 is 0 Å². The van der Waals surface area contributed by atoms with Gasteiger partial charge in [0, 0.05) is 19.1 Å². The summed E-state index contributed by atoms with van der Waals surface area (Å²) in [5.74, 6) is 0.108. The van der Waals surface area contributed by atoms with Crippen molar-refractivity contribution in [2.75, 3.05) is 26.7 Å². The second kappa shape index (κ2) is 3.32. The summed E-state index contributed by atoms with van der Waals surface area (Å²) in [5, 5.41) is 18.1. The van der Waals surface area contributed by atoms with E-state index in [1.54, 1.807) is 0 Å². The number of hydrogen-bond donors (Lipinski definition) is 2. The molecule has 1 rings (SSSR count). The number of rotatable bonds is 1. The monoisotopic (exact) mass is 145 g/mol. The number of hydrogen-bond acceptors (Lipinski definition) is 3. The zero-order valence-electron chi connectivity index (χ0n) is 6.32. The van der Waals surface area contributed by atoms with E-state index in [0.29, 0.717) is 6.54 Å². The van der Waals surface area contributed by atoms with E-state index in [2.05, 4.69) is 4.90 Å². The first-order valence-corrected chi connectivity index (χ1v) is 3.71. The molecule has 2 unspecified atom stereocenters. The number of β-amino-alcohol motifs (C(OH)–C–C–N with tert-alkyl or cyclic N) is 1. The van der Waals surface area contributed by atoms with Gasteiger partial charge in [-0.25, -0.2) is 0 Å². The van der Waals surface area contributed by atoms with Gasteiger partial charge in [-0.15, -0.1) is 0 Å². The summed E-state index contributed by atoms with van der Waals surface area (Å²) < 4.78 is 0. The molecule has 1 heterocycles. The fourth-order valence-corrected chi connectivity index (χ4v) is 1.35. The van der Waals surface area contributed by atoms with Crippen LogP contribution in [-0.2, 0) is 0 Å². The number of nitrogens with zero attached hydrogens (tertiary/aromatic N) is 1. The predicted octanol–water partition coefficient (Wildman–Crippen LogP) is -0.709. The third-order valence-corrected chi connectivity index (χ3v) is 2.16. The molecule has 1 aliphatic heterocycles. The third kappa shape index (κ3) is 1.68. The Morgan fingerprint density at radius 3 is 2.80 bits per heavy atom. The van der Waals surface area contributed by atoms with Crippen LogP contribution in [-0.4, -0.2) is 48.0 Å². The van der Waals surface area contributed by atoms with Gasteiger partial charge in [0.1, 0.15) is 0 Å². The van der Waals surface area contributed by atoms with E-state index in [4.69, 9.17) is 5.11 Å². The van der Waals surface area contributed by atoms with Gasteiger partial charge in [0.15, 0.2) is 0 Å². The lowest BCUT2D eigenvalue weighted by Gasteiger charge is -2.32. The Balaban J connectivity index is 2.36. The van der Waals surface area contributed by atoms with Gasteiger partial charge in [-0.05, 0) is 20.0 Å². The van der Waals surface area contributed by atoms with Gasteiger partial charge in [-0.2, -0.15) is 0 Å². The summed E-state index contributed by atoms with van der Waals surface area (Å²) in [6.07, 6.45) is 0.581. The number of likely N-dealkylation sites (N-methyl/N-ethyl adjacent to an activating group) is 1. The fraction of sp³-hybridized carbons (Fsp3) is 1.00. The molecule has 3 heteroatoms. The molecule has 1 fully saturated rings. The molecule has 60 valence electrons. The lowest BCUT2D eigenvalue weighted by molar-refractivity contribution is 0.00664. The highest BCUT2D eigenvalue weighted by Gasteiger charge is 2.24. The van der Waals surface area contributed by atoms with Crippen molar-refractivity contribution in [3.8, 4) is 0 Å². The summed E-state index contributed by atoms with van der Waals surface area (Å²) in [4.78, 5) is 2.08. The molecule has 0 aromatic rings. The van der Waals surface area contributed by atoms with Crippen LogP contribution in [0, 0.1) is 5.92 Å². The van der Waals surface area contributed by atoms with Crippen molar-refractivity contribution in [3.63, 3.8) is 0 Å². The first kappa shape index (κ1) is 7.98. The summed E-state index contributed by atoms with van der Waals surface area (Å²) in [6, 6.07) is 0. The van der Waals surface area contributed by atoms with Gasteiger partial charge in [0.2, 0.25) is 0 Å². The molecular formula is C7H15NO2. The first-order valence-electron chi connectivity index (χ1n) is 3.71. The molecule has 10 heavy (non-hydrogen) atoms. The van der Waals surface area contributed by atoms with Crippen LogP contribution in [0.1, 0.15) is 6.42 Å². The van der Waals surface area contributed by atoms with E-state index in [0.717, 1.165) is 13.0 Å². The zero-order chi connectivity index (χ0) is 7.56. The van der Waals surface area contributed by atoms with Crippen LogP contribution in [0.15, 0.2) is 0 Å². The smallest absolute Gasteiger partial charge is 0.0717 e. The Hall–Kier alpha value is -0.120. The van der Waals surface area contributed by atoms with Crippen LogP contribution in [0.5, 0.6) is 0 Å². The SMILES string of the molecule is CN1CCC(CO)C(O)C1. The molecule has 1 aliphatic rings. The molecule has 0 aromatic heterocycles. The van der Waals surface area contributed by atoms with Crippen molar-refractivity contribution < 1.29 is 10.2 Å². The fourth-order valence-electron chi connectivity index (χ4n) is 1.35. The Bertz CT molecular complexity index is 108.